The summed E-state index contributed by atoms with van der Waals surface area (Å²) in [7, 11) is 0. The van der Waals surface area contributed by atoms with E-state index in [1.165, 1.54) is 5.69 Å². The van der Waals surface area contributed by atoms with Crippen LogP contribution in [0.4, 0.5) is 0 Å². The first-order chi connectivity index (χ1) is 6.38. The van der Waals surface area contributed by atoms with Gasteiger partial charge >= 0.3 is 0 Å². The van der Waals surface area contributed by atoms with Crippen LogP contribution in [0.25, 0.3) is 0 Å². The average Bonchev–Trinajstić information content (AvgIpc) is 2.59. The van der Waals surface area contributed by atoms with Gasteiger partial charge in [-0.1, -0.05) is 6.92 Å². The van der Waals surface area contributed by atoms with Crippen LogP contribution in [0.1, 0.15) is 19.0 Å². The highest BCUT2D eigenvalue weighted by atomic mass is 15.3. The summed E-state index contributed by atoms with van der Waals surface area (Å²) in [5.41, 5.74) is 1.19. The molecule has 0 unspecified atom stereocenters. The predicted molar refractivity (Wildman–Crippen MR) is 53.1 cm³/mol. The van der Waals surface area contributed by atoms with E-state index >= 15 is 0 Å². The minimum Gasteiger partial charge on any atom is -0.311 e. The molecule has 0 fully saturated rings. The van der Waals surface area contributed by atoms with Crippen LogP contribution in [-0.2, 0) is 13.1 Å². The van der Waals surface area contributed by atoms with E-state index in [-0.39, 0.29) is 0 Å². The zero-order valence-electron chi connectivity index (χ0n) is 7.95. The molecule has 0 aliphatic heterocycles. The fourth-order valence-electron chi connectivity index (χ4n) is 1.14. The van der Waals surface area contributed by atoms with Crippen LogP contribution in [0.5, 0.6) is 0 Å². The number of terminal acetylenes is 1. The number of aryl methyl sites for hydroxylation is 1. The van der Waals surface area contributed by atoms with E-state index in [9.17, 15) is 0 Å². The third-order valence-electron chi connectivity index (χ3n) is 1.83. The number of hydrogen-bond donors (Lipinski definition) is 1. The molecular weight excluding hydrogens is 162 g/mol. The van der Waals surface area contributed by atoms with Crippen molar-refractivity contribution in [1.29, 1.82) is 0 Å². The molecule has 13 heavy (non-hydrogen) atoms. The molecule has 3 nitrogen and oxygen atoms in total. The molecular formula is C10H15N3. The van der Waals surface area contributed by atoms with Crippen LogP contribution in [0.3, 0.4) is 0 Å². The molecule has 1 rings (SSSR count). The monoisotopic (exact) mass is 177 g/mol. The first kappa shape index (κ1) is 9.82. The number of aromatic nitrogens is 2. The van der Waals surface area contributed by atoms with Crippen molar-refractivity contribution < 1.29 is 0 Å². The zero-order chi connectivity index (χ0) is 9.52. The zero-order valence-corrected chi connectivity index (χ0v) is 7.95. The lowest BCUT2D eigenvalue weighted by Gasteiger charge is -2.05. The molecule has 0 atom stereocenters. The minimum absolute atomic E-state index is 0.737. The highest BCUT2D eigenvalue weighted by Gasteiger charge is 1.99. The van der Waals surface area contributed by atoms with Crippen molar-refractivity contribution in [2.45, 2.75) is 26.4 Å². The van der Waals surface area contributed by atoms with Crippen LogP contribution in [0.2, 0.25) is 0 Å². The van der Waals surface area contributed by atoms with Crippen molar-refractivity contribution >= 4 is 0 Å². The molecule has 0 aliphatic rings. The maximum atomic E-state index is 5.19. The molecule has 0 aromatic carbocycles. The van der Waals surface area contributed by atoms with E-state index in [0.717, 1.165) is 26.1 Å². The highest BCUT2D eigenvalue weighted by molar-refractivity contribution is 5.00. The largest absolute Gasteiger partial charge is 0.311 e. The Labute approximate surface area is 79.1 Å². The molecule has 0 saturated carbocycles. The van der Waals surface area contributed by atoms with E-state index < -0.39 is 0 Å². The summed E-state index contributed by atoms with van der Waals surface area (Å²) in [5, 5.41) is 7.44. The molecule has 0 amide bonds. The summed E-state index contributed by atoms with van der Waals surface area (Å²) in [6, 6.07) is 2.01. The van der Waals surface area contributed by atoms with E-state index in [2.05, 4.69) is 23.3 Å². The molecule has 1 heterocycles. The summed E-state index contributed by atoms with van der Waals surface area (Å²) in [6.07, 6.45) is 7.73. The van der Waals surface area contributed by atoms with Gasteiger partial charge in [0.1, 0.15) is 0 Å². The summed E-state index contributed by atoms with van der Waals surface area (Å²) in [5.74, 6) is 2.61. The molecule has 1 N–H and O–H groups in total. The summed E-state index contributed by atoms with van der Waals surface area (Å²) < 4.78 is 1.95. The molecule has 1 aromatic heterocycles. The van der Waals surface area contributed by atoms with Gasteiger partial charge in [-0.15, -0.1) is 12.3 Å². The van der Waals surface area contributed by atoms with E-state index in [1.54, 1.807) is 0 Å². The number of rotatable bonds is 5. The van der Waals surface area contributed by atoms with Crippen LogP contribution in [0, 0.1) is 12.3 Å². The number of nitrogens with one attached hydrogen (secondary N) is 1. The van der Waals surface area contributed by atoms with Gasteiger partial charge in [0.15, 0.2) is 0 Å². The number of nitrogens with zero attached hydrogens (tertiary/aromatic N) is 2. The smallest absolute Gasteiger partial charge is 0.0522 e. The fraction of sp³-hybridized carbons (Fsp3) is 0.500. The molecule has 70 valence electrons. The van der Waals surface area contributed by atoms with E-state index in [1.807, 2.05) is 16.9 Å². The molecule has 0 saturated heterocycles. The Bertz CT molecular complexity index is 283. The Kier molecular flexibility index (Phi) is 4.07. The highest BCUT2D eigenvalue weighted by Crippen LogP contribution is 1.99. The second-order valence-corrected chi connectivity index (χ2v) is 2.78. The third-order valence-corrected chi connectivity index (χ3v) is 1.83. The van der Waals surface area contributed by atoms with Crippen molar-refractivity contribution in [3.05, 3.63) is 18.0 Å². The maximum Gasteiger partial charge on any atom is 0.0522 e. The topological polar surface area (TPSA) is 29.9 Å². The lowest BCUT2D eigenvalue weighted by molar-refractivity contribution is 0.572. The van der Waals surface area contributed by atoms with Gasteiger partial charge in [-0.3, -0.25) is 4.68 Å². The van der Waals surface area contributed by atoms with Gasteiger partial charge < -0.3 is 5.32 Å². The van der Waals surface area contributed by atoms with Crippen molar-refractivity contribution in [1.82, 2.24) is 15.1 Å². The lowest BCUT2D eigenvalue weighted by Crippen LogP contribution is -2.16. The van der Waals surface area contributed by atoms with Crippen LogP contribution in [-0.4, -0.2) is 16.3 Å². The molecule has 0 spiro atoms. The Hall–Kier alpha value is -1.27. The fourth-order valence-corrected chi connectivity index (χ4v) is 1.14. The Balaban J connectivity index is 2.51. The normalized spacial score (nSPS) is 9.85. The lowest BCUT2D eigenvalue weighted by atomic mass is 10.4. The van der Waals surface area contributed by atoms with Gasteiger partial charge in [0, 0.05) is 19.2 Å². The Morgan fingerprint density at radius 1 is 1.69 bits per heavy atom. The average molecular weight is 177 g/mol. The molecule has 0 aliphatic carbocycles. The van der Waals surface area contributed by atoms with Gasteiger partial charge in [-0.2, -0.15) is 5.10 Å². The predicted octanol–water partition coefficient (Wildman–Crippen LogP) is 1.02. The van der Waals surface area contributed by atoms with E-state index in [4.69, 9.17) is 6.42 Å². The van der Waals surface area contributed by atoms with Crippen molar-refractivity contribution in [3.63, 3.8) is 0 Å². The first-order valence-electron chi connectivity index (χ1n) is 4.53. The minimum atomic E-state index is 0.737. The van der Waals surface area contributed by atoms with Crippen molar-refractivity contribution in [2.24, 2.45) is 0 Å². The van der Waals surface area contributed by atoms with Crippen LogP contribution >= 0.6 is 0 Å². The van der Waals surface area contributed by atoms with Gasteiger partial charge in [0.05, 0.1) is 12.2 Å². The van der Waals surface area contributed by atoms with Crippen LogP contribution < -0.4 is 5.32 Å². The maximum absolute atomic E-state index is 5.19. The van der Waals surface area contributed by atoms with Gasteiger partial charge in [-0.05, 0) is 12.6 Å². The molecule has 3 heteroatoms. The molecule has 1 aromatic rings. The van der Waals surface area contributed by atoms with Gasteiger partial charge in [0.2, 0.25) is 0 Å². The number of hydrogen-bond acceptors (Lipinski definition) is 2. The third kappa shape index (κ3) is 2.92. The first-order valence-corrected chi connectivity index (χ1v) is 4.53. The van der Waals surface area contributed by atoms with E-state index in [0.29, 0.717) is 0 Å². The molecule has 0 radical (unpaired) electrons. The second-order valence-electron chi connectivity index (χ2n) is 2.78. The summed E-state index contributed by atoms with van der Waals surface area (Å²) in [4.78, 5) is 0. The SMILES string of the molecule is C#CCCn1nccc1CNCC. The summed E-state index contributed by atoms with van der Waals surface area (Å²) in [6.45, 7) is 4.73. The molecule has 0 bridgehead atoms. The quantitative estimate of drug-likeness (QED) is 0.680. The van der Waals surface area contributed by atoms with Gasteiger partial charge in [0.25, 0.3) is 0 Å². The van der Waals surface area contributed by atoms with Crippen molar-refractivity contribution in [2.75, 3.05) is 6.54 Å². The Morgan fingerprint density at radius 3 is 3.23 bits per heavy atom. The van der Waals surface area contributed by atoms with Gasteiger partial charge in [-0.25, -0.2) is 0 Å². The van der Waals surface area contributed by atoms with Crippen LogP contribution in [0.15, 0.2) is 12.3 Å². The standard InChI is InChI=1S/C10H15N3/c1-3-5-8-13-10(6-7-12-13)9-11-4-2/h1,6-7,11H,4-5,8-9H2,2H3. The summed E-state index contributed by atoms with van der Waals surface area (Å²) >= 11 is 0. The second kappa shape index (κ2) is 5.39. The van der Waals surface area contributed by atoms with Crippen molar-refractivity contribution in [3.8, 4) is 12.3 Å². The Morgan fingerprint density at radius 2 is 2.54 bits per heavy atom.